The highest BCUT2D eigenvalue weighted by molar-refractivity contribution is 5.94. The molecule has 6 nitrogen and oxygen atoms in total. The summed E-state index contributed by atoms with van der Waals surface area (Å²) in [5.74, 6) is 1.63. The Labute approximate surface area is 174 Å². The number of nitrogens with zero attached hydrogens (tertiary/aromatic N) is 2. The molecule has 0 saturated heterocycles. The molecular formula is C24H23N3O3. The van der Waals surface area contributed by atoms with Gasteiger partial charge in [-0.15, -0.1) is 0 Å². The number of aromatic nitrogens is 2. The van der Waals surface area contributed by atoms with Crippen molar-refractivity contribution in [2.24, 2.45) is 5.92 Å². The van der Waals surface area contributed by atoms with Gasteiger partial charge in [-0.2, -0.15) is 4.98 Å². The average Bonchev–Trinajstić information content (AvgIpc) is 3.21. The van der Waals surface area contributed by atoms with Crippen molar-refractivity contribution in [3.63, 3.8) is 0 Å². The van der Waals surface area contributed by atoms with Crippen molar-refractivity contribution in [3.8, 4) is 17.2 Å². The predicted octanol–water partition coefficient (Wildman–Crippen LogP) is 4.85. The third kappa shape index (κ3) is 4.66. The first-order valence-corrected chi connectivity index (χ1v) is 9.90. The zero-order valence-electron chi connectivity index (χ0n) is 17.0. The molecule has 0 spiro atoms. The van der Waals surface area contributed by atoms with Crippen LogP contribution in [-0.2, 0) is 6.54 Å². The fourth-order valence-corrected chi connectivity index (χ4v) is 2.91. The molecule has 2 heterocycles. The minimum atomic E-state index is -0.125. The van der Waals surface area contributed by atoms with Gasteiger partial charge in [0.15, 0.2) is 11.2 Å². The maximum absolute atomic E-state index is 12.4. The van der Waals surface area contributed by atoms with Gasteiger partial charge in [-0.1, -0.05) is 26.0 Å². The van der Waals surface area contributed by atoms with Crippen LogP contribution in [-0.4, -0.2) is 22.5 Å². The predicted molar refractivity (Wildman–Crippen MR) is 115 cm³/mol. The lowest BCUT2D eigenvalue weighted by molar-refractivity contribution is 0.0951. The molecule has 6 heteroatoms. The van der Waals surface area contributed by atoms with Crippen LogP contribution in [0.4, 0.5) is 0 Å². The van der Waals surface area contributed by atoms with Crippen molar-refractivity contribution < 1.29 is 13.9 Å². The van der Waals surface area contributed by atoms with Crippen LogP contribution in [0.25, 0.3) is 22.7 Å². The second-order valence-electron chi connectivity index (χ2n) is 7.45. The van der Waals surface area contributed by atoms with E-state index in [4.69, 9.17) is 9.15 Å². The molecule has 0 bridgehead atoms. The van der Waals surface area contributed by atoms with Crippen LogP contribution in [0.1, 0.15) is 29.8 Å². The molecule has 2 aromatic heterocycles. The molecule has 1 N–H and O–H groups in total. The van der Waals surface area contributed by atoms with E-state index < -0.39 is 0 Å². The van der Waals surface area contributed by atoms with E-state index >= 15 is 0 Å². The largest absolute Gasteiger partial charge is 0.493 e. The molecule has 0 unspecified atom stereocenters. The van der Waals surface area contributed by atoms with Gasteiger partial charge in [-0.25, -0.2) is 4.98 Å². The second kappa shape index (κ2) is 8.78. The summed E-state index contributed by atoms with van der Waals surface area (Å²) in [7, 11) is 0. The van der Waals surface area contributed by atoms with Crippen LogP contribution in [0.3, 0.4) is 0 Å². The minimum Gasteiger partial charge on any atom is -0.493 e. The number of fused-ring (bicyclic) bond motifs is 1. The number of benzene rings is 2. The van der Waals surface area contributed by atoms with Gasteiger partial charge >= 0.3 is 0 Å². The van der Waals surface area contributed by atoms with Gasteiger partial charge in [-0.3, -0.25) is 4.79 Å². The van der Waals surface area contributed by atoms with Crippen molar-refractivity contribution in [2.75, 3.05) is 6.61 Å². The molecule has 2 aromatic carbocycles. The number of pyridine rings is 1. The molecule has 0 aliphatic carbocycles. The number of amides is 1. The summed E-state index contributed by atoms with van der Waals surface area (Å²) in [5, 5.41) is 2.94. The summed E-state index contributed by atoms with van der Waals surface area (Å²) in [6, 6.07) is 18.6. The Hall–Kier alpha value is -3.67. The van der Waals surface area contributed by atoms with Crippen LogP contribution in [0.2, 0.25) is 0 Å². The number of oxazole rings is 1. The van der Waals surface area contributed by atoms with E-state index in [-0.39, 0.29) is 5.91 Å². The summed E-state index contributed by atoms with van der Waals surface area (Å²) in [4.78, 5) is 21.0. The zero-order valence-corrected chi connectivity index (χ0v) is 17.0. The van der Waals surface area contributed by atoms with Crippen molar-refractivity contribution in [3.05, 3.63) is 78.0 Å². The molecular weight excluding hydrogens is 378 g/mol. The Morgan fingerprint density at radius 3 is 2.53 bits per heavy atom. The summed E-state index contributed by atoms with van der Waals surface area (Å²) in [5.41, 5.74) is 3.69. The Morgan fingerprint density at radius 1 is 1.07 bits per heavy atom. The molecule has 1 amide bonds. The van der Waals surface area contributed by atoms with Gasteiger partial charge in [0, 0.05) is 23.9 Å². The van der Waals surface area contributed by atoms with E-state index in [1.54, 1.807) is 18.3 Å². The van der Waals surface area contributed by atoms with E-state index in [9.17, 15) is 4.79 Å². The molecule has 0 aliphatic rings. The lowest BCUT2D eigenvalue weighted by Gasteiger charge is -2.09. The lowest BCUT2D eigenvalue weighted by atomic mass is 10.1. The molecule has 0 fully saturated rings. The van der Waals surface area contributed by atoms with Gasteiger partial charge in [0.1, 0.15) is 5.75 Å². The molecule has 0 radical (unpaired) electrons. The third-order valence-corrected chi connectivity index (χ3v) is 4.52. The van der Waals surface area contributed by atoms with Gasteiger partial charge in [0.2, 0.25) is 5.89 Å². The lowest BCUT2D eigenvalue weighted by Crippen LogP contribution is -2.22. The fourth-order valence-electron chi connectivity index (χ4n) is 2.91. The van der Waals surface area contributed by atoms with Gasteiger partial charge in [0.25, 0.3) is 5.91 Å². The summed E-state index contributed by atoms with van der Waals surface area (Å²) < 4.78 is 11.4. The van der Waals surface area contributed by atoms with Crippen LogP contribution in [0.5, 0.6) is 5.75 Å². The van der Waals surface area contributed by atoms with Crippen molar-refractivity contribution in [2.45, 2.75) is 20.4 Å². The molecule has 0 atom stereocenters. The summed E-state index contributed by atoms with van der Waals surface area (Å²) >= 11 is 0. The summed E-state index contributed by atoms with van der Waals surface area (Å²) in [6.45, 7) is 5.28. The highest BCUT2D eigenvalue weighted by Gasteiger charge is 2.09. The fraction of sp³-hybridized carbons (Fsp3) is 0.208. The maximum Gasteiger partial charge on any atom is 0.251 e. The van der Waals surface area contributed by atoms with Crippen molar-refractivity contribution in [1.82, 2.24) is 15.3 Å². The molecule has 4 aromatic rings. The molecule has 0 saturated carbocycles. The molecule has 4 rings (SSSR count). The first kappa shape index (κ1) is 19.6. The van der Waals surface area contributed by atoms with Crippen LogP contribution < -0.4 is 10.1 Å². The normalized spacial score (nSPS) is 11.0. The Morgan fingerprint density at radius 2 is 1.83 bits per heavy atom. The van der Waals surface area contributed by atoms with Crippen LogP contribution in [0.15, 0.2) is 71.3 Å². The van der Waals surface area contributed by atoms with Gasteiger partial charge in [0.05, 0.1) is 6.61 Å². The molecule has 152 valence electrons. The topological polar surface area (TPSA) is 77.2 Å². The first-order chi connectivity index (χ1) is 14.6. The van der Waals surface area contributed by atoms with Crippen molar-refractivity contribution in [1.29, 1.82) is 0 Å². The number of ether oxygens (including phenoxy) is 1. The van der Waals surface area contributed by atoms with E-state index in [0.29, 0.717) is 41.8 Å². The Bertz CT molecular complexity index is 1100. The van der Waals surface area contributed by atoms with E-state index in [1.165, 1.54) is 0 Å². The first-order valence-electron chi connectivity index (χ1n) is 9.90. The quantitative estimate of drug-likeness (QED) is 0.479. The highest BCUT2D eigenvalue weighted by Crippen LogP contribution is 2.23. The van der Waals surface area contributed by atoms with E-state index in [0.717, 1.165) is 16.9 Å². The maximum atomic E-state index is 12.4. The minimum absolute atomic E-state index is 0.125. The number of hydrogen-bond acceptors (Lipinski definition) is 5. The number of carbonyl (C=O) groups is 1. The van der Waals surface area contributed by atoms with Gasteiger partial charge < -0.3 is 14.5 Å². The Balaban J connectivity index is 1.35. The van der Waals surface area contributed by atoms with Crippen LogP contribution >= 0.6 is 0 Å². The number of hydrogen-bond donors (Lipinski definition) is 1. The van der Waals surface area contributed by atoms with E-state index in [1.807, 2.05) is 48.5 Å². The van der Waals surface area contributed by atoms with Gasteiger partial charge in [-0.05, 0) is 60.0 Å². The smallest absolute Gasteiger partial charge is 0.251 e. The molecule has 0 aliphatic heterocycles. The van der Waals surface area contributed by atoms with E-state index in [2.05, 4.69) is 29.1 Å². The summed E-state index contributed by atoms with van der Waals surface area (Å²) in [6.07, 6.45) is 1.69. The average molecular weight is 401 g/mol. The second-order valence-corrected chi connectivity index (χ2v) is 7.45. The SMILES string of the molecule is CC(C)COc1ccc(C(=O)NCc2ccc(-c3nc4ncccc4o3)cc2)cc1. The number of carbonyl (C=O) groups excluding carboxylic acids is 1. The van der Waals surface area contributed by atoms with Crippen molar-refractivity contribution >= 4 is 17.1 Å². The zero-order chi connectivity index (χ0) is 20.9. The number of nitrogens with one attached hydrogen (secondary N) is 1. The standard InChI is InChI=1S/C24H23N3O3/c1-16(2)15-29-20-11-9-18(10-12-20)23(28)26-14-17-5-7-19(8-6-17)24-27-22-21(30-24)4-3-13-25-22/h3-13,16H,14-15H2,1-2H3,(H,26,28). The monoisotopic (exact) mass is 401 g/mol. The Kier molecular flexibility index (Phi) is 5.75. The third-order valence-electron chi connectivity index (χ3n) is 4.52. The van der Waals surface area contributed by atoms with Crippen LogP contribution in [0, 0.1) is 5.92 Å². The molecule has 30 heavy (non-hydrogen) atoms. The highest BCUT2D eigenvalue weighted by atomic mass is 16.5. The number of rotatable bonds is 7.